The predicted molar refractivity (Wildman–Crippen MR) is 183 cm³/mol. The topological polar surface area (TPSA) is 69.9 Å². The number of hydrogen-bond acceptors (Lipinski definition) is 6. The van der Waals surface area contributed by atoms with Crippen molar-refractivity contribution in [2.75, 3.05) is 6.61 Å². The number of ether oxygens (including phenoxy) is 2. The second-order valence-electron chi connectivity index (χ2n) is 10.8. The third-order valence-electron chi connectivity index (χ3n) is 7.36. The molecule has 0 bridgehead atoms. The first-order valence-electron chi connectivity index (χ1n) is 14.7. The molecule has 0 radical (unpaired) electrons. The van der Waals surface area contributed by atoms with Crippen molar-refractivity contribution in [3.8, 4) is 5.75 Å². The van der Waals surface area contributed by atoms with Gasteiger partial charge in [-0.05, 0) is 70.1 Å². The molecule has 0 N–H and O–H groups in total. The SMILES string of the molecule is CCCC1=C(C(=O)OCC)[C@H](c2ccc(C(C)C)cc2)n2c(s/c(=C\c3cc(Br)cc(Br)c3OCc3ccccc3)c2=O)=N1. The Morgan fingerprint density at radius 2 is 1.80 bits per heavy atom. The molecule has 0 amide bonds. The van der Waals surface area contributed by atoms with Crippen molar-refractivity contribution in [3.63, 3.8) is 0 Å². The Balaban J connectivity index is 1.69. The zero-order valence-corrected chi connectivity index (χ0v) is 29.1. The molecular weight excluding hydrogens is 704 g/mol. The molecule has 0 saturated carbocycles. The molecule has 1 aliphatic heterocycles. The highest BCUT2D eigenvalue weighted by Gasteiger charge is 2.34. The maximum atomic E-state index is 14.3. The number of carbonyl (C=O) groups is 1. The molecule has 4 aromatic rings. The van der Waals surface area contributed by atoms with Crippen molar-refractivity contribution in [3.05, 3.63) is 129 Å². The van der Waals surface area contributed by atoms with E-state index in [1.54, 1.807) is 11.5 Å². The van der Waals surface area contributed by atoms with Crippen LogP contribution in [-0.4, -0.2) is 17.1 Å². The van der Waals surface area contributed by atoms with Gasteiger partial charge in [-0.25, -0.2) is 9.79 Å². The summed E-state index contributed by atoms with van der Waals surface area (Å²) in [6.07, 6.45) is 3.23. The van der Waals surface area contributed by atoms with Crippen molar-refractivity contribution in [2.24, 2.45) is 4.99 Å². The lowest BCUT2D eigenvalue weighted by atomic mass is 9.92. The molecule has 3 aromatic carbocycles. The van der Waals surface area contributed by atoms with Gasteiger partial charge in [-0.2, -0.15) is 0 Å². The Hall–Kier alpha value is -3.27. The van der Waals surface area contributed by atoms with Crippen molar-refractivity contribution in [2.45, 2.75) is 59.1 Å². The Labute approximate surface area is 278 Å². The van der Waals surface area contributed by atoms with Gasteiger partial charge < -0.3 is 9.47 Å². The van der Waals surface area contributed by atoms with Crippen LogP contribution in [0, 0.1) is 0 Å². The lowest BCUT2D eigenvalue weighted by molar-refractivity contribution is -0.139. The fourth-order valence-corrected chi connectivity index (χ4v) is 7.59. The summed E-state index contributed by atoms with van der Waals surface area (Å²) < 4.78 is 15.5. The number of rotatable bonds is 10. The number of fused-ring (bicyclic) bond motifs is 1. The summed E-state index contributed by atoms with van der Waals surface area (Å²) in [5, 5.41) is 0. The smallest absolute Gasteiger partial charge is 0.338 e. The molecule has 1 aliphatic rings. The second-order valence-corrected chi connectivity index (χ2v) is 13.6. The fourth-order valence-electron chi connectivity index (χ4n) is 5.21. The molecule has 1 aromatic heterocycles. The van der Waals surface area contributed by atoms with Gasteiger partial charge >= 0.3 is 5.97 Å². The lowest BCUT2D eigenvalue weighted by Crippen LogP contribution is -2.40. The van der Waals surface area contributed by atoms with Crippen LogP contribution < -0.4 is 19.6 Å². The van der Waals surface area contributed by atoms with E-state index in [9.17, 15) is 9.59 Å². The highest BCUT2D eigenvalue weighted by Crippen LogP contribution is 2.35. The number of hydrogen-bond donors (Lipinski definition) is 0. The summed E-state index contributed by atoms with van der Waals surface area (Å²) >= 11 is 8.55. The first-order chi connectivity index (χ1) is 21.2. The van der Waals surface area contributed by atoms with Gasteiger partial charge in [0.05, 0.1) is 32.9 Å². The van der Waals surface area contributed by atoms with Crippen LogP contribution in [0.1, 0.15) is 74.8 Å². The number of allylic oxidation sites excluding steroid dienone is 1. The van der Waals surface area contributed by atoms with E-state index in [0.717, 1.165) is 32.1 Å². The van der Waals surface area contributed by atoms with Gasteiger partial charge in [-0.15, -0.1) is 0 Å². The van der Waals surface area contributed by atoms with E-state index >= 15 is 0 Å². The molecule has 1 atom stereocenters. The number of thiazole rings is 1. The van der Waals surface area contributed by atoms with Gasteiger partial charge in [0.2, 0.25) is 0 Å². The summed E-state index contributed by atoms with van der Waals surface area (Å²) in [4.78, 5) is 33.2. The maximum absolute atomic E-state index is 14.3. The normalized spacial score (nSPS) is 14.9. The Morgan fingerprint density at radius 1 is 1.07 bits per heavy atom. The molecule has 0 fully saturated rings. The molecule has 6 nitrogen and oxygen atoms in total. The van der Waals surface area contributed by atoms with E-state index in [1.807, 2.05) is 60.7 Å². The van der Waals surface area contributed by atoms with Crippen LogP contribution in [0.3, 0.4) is 0 Å². The molecule has 9 heteroatoms. The minimum atomic E-state index is -0.654. The van der Waals surface area contributed by atoms with E-state index in [4.69, 9.17) is 14.5 Å². The Bertz CT molecular complexity index is 1880. The first kappa shape index (κ1) is 32.1. The molecule has 228 valence electrons. The summed E-state index contributed by atoms with van der Waals surface area (Å²) in [6.45, 7) is 8.72. The summed E-state index contributed by atoms with van der Waals surface area (Å²) in [6, 6.07) is 21.3. The first-order valence-corrected chi connectivity index (χ1v) is 17.1. The van der Waals surface area contributed by atoms with Crippen LogP contribution in [0.15, 0.2) is 96.7 Å². The van der Waals surface area contributed by atoms with Crippen molar-refractivity contribution in [1.29, 1.82) is 0 Å². The maximum Gasteiger partial charge on any atom is 0.338 e. The van der Waals surface area contributed by atoms with Crippen LogP contribution in [-0.2, 0) is 16.1 Å². The lowest BCUT2D eigenvalue weighted by Gasteiger charge is -2.26. The van der Waals surface area contributed by atoms with Crippen LogP contribution in [0.25, 0.3) is 6.08 Å². The van der Waals surface area contributed by atoms with E-state index in [1.165, 1.54) is 16.9 Å². The van der Waals surface area contributed by atoms with Crippen molar-refractivity contribution in [1.82, 2.24) is 4.57 Å². The van der Waals surface area contributed by atoms with Gasteiger partial charge in [0, 0.05) is 10.0 Å². The molecule has 0 saturated heterocycles. The highest BCUT2D eigenvalue weighted by molar-refractivity contribution is 9.11. The predicted octanol–water partition coefficient (Wildman–Crippen LogP) is 7.81. The second kappa shape index (κ2) is 14.2. The monoisotopic (exact) mass is 736 g/mol. The standard InChI is InChI=1S/C35H34Br2N2O4S/c1-5-10-28-30(34(41)42-6-2)31(24-15-13-23(14-16-24)21(3)4)39-33(40)29(44-35(39)38-28)18-25-17-26(36)19-27(37)32(25)43-20-22-11-8-7-9-12-22/h7-9,11-19,21,31H,5-6,10,20H2,1-4H3/b29-18-/t31-/m0/s1. The van der Waals surface area contributed by atoms with E-state index < -0.39 is 12.0 Å². The Kier molecular flexibility index (Phi) is 10.4. The summed E-state index contributed by atoms with van der Waals surface area (Å²) in [5.41, 5.74) is 4.64. The van der Waals surface area contributed by atoms with E-state index in [-0.39, 0.29) is 12.2 Å². The number of halogens is 2. The van der Waals surface area contributed by atoms with Gasteiger partial charge in [-0.3, -0.25) is 9.36 Å². The van der Waals surface area contributed by atoms with Crippen LogP contribution in [0.5, 0.6) is 5.75 Å². The van der Waals surface area contributed by atoms with Gasteiger partial charge in [-0.1, -0.05) is 109 Å². The van der Waals surface area contributed by atoms with Gasteiger partial charge in [0.15, 0.2) is 4.80 Å². The van der Waals surface area contributed by atoms with E-state index in [0.29, 0.717) is 45.3 Å². The quantitative estimate of drug-likeness (QED) is 0.156. The molecule has 5 rings (SSSR count). The van der Waals surface area contributed by atoms with Crippen LogP contribution >= 0.6 is 43.2 Å². The van der Waals surface area contributed by atoms with Crippen LogP contribution in [0.2, 0.25) is 0 Å². The number of carbonyl (C=O) groups excluding carboxylic acids is 1. The third-order valence-corrected chi connectivity index (χ3v) is 9.39. The third kappa shape index (κ3) is 6.85. The average Bonchev–Trinajstić information content (AvgIpc) is 3.30. The van der Waals surface area contributed by atoms with Gasteiger partial charge in [0.25, 0.3) is 5.56 Å². The molecule has 0 spiro atoms. The highest BCUT2D eigenvalue weighted by atomic mass is 79.9. The number of esters is 1. The minimum Gasteiger partial charge on any atom is -0.487 e. The number of nitrogens with zero attached hydrogens (tertiary/aromatic N) is 2. The minimum absolute atomic E-state index is 0.228. The van der Waals surface area contributed by atoms with Gasteiger partial charge in [0.1, 0.15) is 12.4 Å². The zero-order valence-electron chi connectivity index (χ0n) is 25.1. The van der Waals surface area contributed by atoms with E-state index in [2.05, 4.69) is 64.8 Å². The molecule has 44 heavy (non-hydrogen) atoms. The zero-order chi connectivity index (χ0) is 31.4. The largest absolute Gasteiger partial charge is 0.487 e. The van der Waals surface area contributed by atoms with Crippen molar-refractivity contribution >= 4 is 55.2 Å². The van der Waals surface area contributed by atoms with Crippen molar-refractivity contribution < 1.29 is 14.3 Å². The Morgan fingerprint density at radius 3 is 2.45 bits per heavy atom. The summed E-state index contributed by atoms with van der Waals surface area (Å²) in [5.74, 6) is 0.534. The average molecular weight is 739 g/mol. The molecule has 2 heterocycles. The number of aromatic nitrogens is 1. The van der Waals surface area contributed by atoms with Crippen LogP contribution in [0.4, 0.5) is 0 Å². The number of benzene rings is 3. The summed E-state index contributed by atoms with van der Waals surface area (Å²) in [7, 11) is 0. The fraction of sp³-hybridized carbons (Fsp3) is 0.286. The molecular formula is C35H34Br2N2O4S. The molecule has 0 unspecified atom stereocenters. The molecule has 0 aliphatic carbocycles.